The van der Waals surface area contributed by atoms with Gasteiger partial charge in [-0.25, -0.2) is 4.79 Å². The van der Waals surface area contributed by atoms with Gasteiger partial charge < -0.3 is 19.7 Å². The van der Waals surface area contributed by atoms with Gasteiger partial charge in [0.15, 0.2) is 0 Å². The molecule has 7 nitrogen and oxygen atoms in total. The first kappa shape index (κ1) is 18.6. The largest absolute Gasteiger partial charge is 0.465 e. The van der Waals surface area contributed by atoms with Crippen LogP contribution >= 0.6 is 0 Å². The molecule has 2 aromatic rings. The lowest BCUT2D eigenvalue weighted by atomic mass is 10.1. The van der Waals surface area contributed by atoms with Crippen molar-refractivity contribution in [3.05, 3.63) is 65.2 Å². The Kier molecular flexibility index (Phi) is 5.83. The number of hydrogen-bond donors (Lipinski definition) is 1. The van der Waals surface area contributed by atoms with E-state index in [1.807, 2.05) is 0 Å². The highest BCUT2D eigenvalue weighted by Crippen LogP contribution is 2.15. The van der Waals surface area contributed by atoms with Gasteiger partial charge in [-0.2, -0.15) is 0 Å². The summed E-state index contributed by atoms with van der Waals surface area (Å²) in [6, 6.07) is 13.0. The molecule has 2 amide bonds. The zero-order chi connectivity index (χ0) is 19.2. The molecular weight excluding hydrogens is 348 g/mol. The van der Waals surface area contributed by atoms with Crippen LogP contribution in [-0.2, 0) is 9.47 Å². The number of amides is 2. The Morgan fingerprint density at radius 1 is 0.963 bits per heavy atom. The van der Waals surface area contributed by atoms with Crippen LogP contribution < -0.4 is 5.32 Å². The number of carbonyl (C=O) groups is 3. The standard InChI is InChI=1S/C20H20N2O5/c1-26-20(25)16-4-2-3-15(13-16)18(23)21-17-7-5-14(6-8-17)19(24)22-9-11-27-12-10-22/h2-8,13H,9-12H2,1H3,(H,21,23). The number of carbonyl (C=O) groups excluding carboxylic acids is 3. The third-order valence-electron chi connectivity index (χ3n) is 4.23. The van der Waals surface area contributed by atoms with Gasteiger partial charge in [0.25, 0.3) is 11.8 Å². The molecule has 0 bridgehead atoms. The van der Waals surface area contributed by atoms with Gasteiger partial charge in [-0.15, -0.1) is 0 Å². The lowest BCUT2D eigenvalue weighted by Crippen LogP contribution is -2.40. The summed E-state index contributed by atoms with van der Waals surface area (Å²) in [5, 5.41) is 2.75. The molecule has 2 aromatic carbocycles. The molecule has 1 aliphatic heterocycles. The number of anilines is 1. The summed E-state index contributed by atoms with van der Waals surface area (Å²) in [7, 11) is 1.29. The maximum atomic E-state index is 12.4. The van der Waals surface area contributed by atoms with Crippen molar-refractivity contribution in [3.63, 3.8) is 0 Å². The van der Waals surface area contributed by atoms with Crippen LogP contribution in [0.2, 0.25) is 0 Å². The number of morpholine rings is 1. The molecule has 0 spiro atoms. The average Bonchev–Trinajstić information content (AvgIpc) is 2.74. The maximum absolute atomic E-state index is 12.4. The molecule has 1 heterocycles. The molecule has 0 unspecified atom stereocenters. The van der Waals surface area contributed by atoms with Gasteiger partial charge >= 0.3 is 5.97 Å². The van der Waals surface area contributed by atoms with Crippen LogP contribution in [0.4, 0.5) is 5.69 Å². The lowest BCUT2D eigenvalue weighted by Gasteiger charge is -2.26. The zero-order valence-electron chi connectivity index (χ0n) is 14.9. The fourth-order valence-corrected chi connectivity index (χ4v) is 2.75. The SMILES string of the molecule is COC(=O)c1cccc(C(=O)Nc2ccc(C(=O)N3CCOCC3)cc2)c1. The summed E-state index contributed by atoms with van der Waals surface area (Å²) < 4.78 is 9.91. The first-order chi connectivity index (χ1) is 13.1. The van der Waals surface area contributed by atoms with E-state index in [0.29, 0.717) is 48.7 Å². The van der Waals surface area contributed by atoms with Crippen molar-refractivity contribution in [2.75, 3.05) is 38.7 Å². The molecule has 1 fully saturated rings. The van der Waals surface area contributed by atoms with E-state index in [1.54, 1.807) is 47.4 Å². The van der Waals surface area contributed by atoms with Gasteiger partial charge in [0.1, 0.15) is 0 Å². The van der Waals surface area contributed by atoms with Gasteiger partial charge in [0.2, 0.25) is 0 Å². The van der Waals surface area contributed by atoms with Crippen molar-refractivity contribution in [1.29, 1.82) is 0 Å². The first-order valence-corrected chi connectivity index (χ1v) is 8.55. The van der Waals surface area contributed by atoms with Crippen LogP contribution in [-0.4, -0.2) is 56.1 Å². The van der Waals surface area contributed by atoms with E-state index in [4.69, 9.17) is 4.74 Å². The first-order valence-electron chi connectivity index (χ1n) is 8.55. The summed E-state index contributed by atoms with van der Waals surface area (Å²) in [5.74, 6) is -0.911. The van der Waals surface area contributed by atoms with Crippen LogP contribution in [0.15, 0.2) is 48.5 Å². The number of ether oxygens (including phenoxy) is 2. The molecular formula is C20H20N2O5. The predicted molar refractivity (Wildman–Crippen MR) is 98.9 cm³/mol. The van der Waals surface area contributed by atoms with Crippen molar-refractivity contribution in [2.24, 2.45) is 0 Å². The molecule has 0 aromatic heterocycles. The van der Waals surface area contributed by atoms with Gasteiger partial charge in [-0.1, -0.05) is 6.07 Å². The molecule has 1 saturated heterocycles. The van der Waals surface area contributed by atoms with E-state index in [1.165, 1.54) is 13.2 Å². The minimum atomic E-state index is -0.504. The highest BCUT2D eigenvalue weighted by molar-refractivity contribution is 6.06. The van der Waals surface area contributed by atoms with Gasteiger partial charge in [0.05, 0.1) is 25.9 Å². The third kappa shape index (κ3) is 4.51. The second-order valence-corrected chi connectivity index (χ2v) is 6.01. The molecule has 3 rings (SSSR count). The normalized spacial score (nSPS) is 13.7. The summed E-state index contributed by atoms with van der Waals surface area (Å²) in [4.78, 5) is 38.1. The van der Waals surface area contributed by atoms with Crippen molar-refractivity contribution < 1.29 is 23.9 Å². The number of benzene rings is 2. The zero-order valence-corrected chi connectivity index (χ0v) is 14.9. The molecule has 7 heteroatoms. The molecule has 0 saturated carbocycles. The quantitative estimate of drug-likeness (QED) is 0.837. The topological polar surface area (TPSA) is 84.9 Å². The Morgan fingerprint density at radius 2 is 1.63 bits per heavy atom. The number of nitrogens with zero attached hydrogens (tertiary/aromatic N) is 1. The monoisotopic (exact) mass is 368 g/mol. The summed E-state index contributed by atoms with van der Waals surface area (Å²) in [6.07, 6.45) is 0. The molecule has 27 heavy (non-hydrogen) atoms. The number of nitrogens with one attached hydrogen (secondary N) is 1. The van der Waals surface area contributed by atoms with Crippen LogP contribution in [0.3, 0.4) is 0 Å². The molecule has 0 atom stereocenters. The minimum Gasteiger partial charge on any atom is -0.465 e. The Labute approximate surface area is 156 Å². The van der Waals surface area contributed by atoms with Gasteiger partial charge in [-0.05, 0) is 42.5 Å². The van der Waals surface area contributed by atoms with Crippen molar-refractivity contribution in [2.45, 2.75) is 0 Å². The van der Waals surface area contributed by atoms with Crippen molar-refractivity contribution in [1.82, 2.24) is 4.90 Å². The van der Waals surface area contributed by atoms with Crippen LogP contribution in [0.5, 0.6) is 0 Å². The Hall–Kier alpha value is -3.19. The highest BCUT2D eigenvalue weighted by Gasteiger charge is 2.18. The lowest BCUT2D eigenvalue weighted by molar-refractivity contribution is 0.0303. The Balaban J connectivity index is 1.66. The van der Waals surface area contributed by atoms with E-state index in [9.17, 15) is 14.4 Å². The summed E-state index contributed by atoms with van der Waals surface area (Å²) >= 11 is 0. The van der Waals surface area contributed by atoms with E-state index < -0.39 is 5.97 Å². The predicted octanol–water partition coefficient (Wildman–Crippen LogP) is 2.20. The van der Waals surface area contributed by atoms with Crippen LogP contribution in [0.25, 0.3) is 0 Å². The summed E-state index contributed by atoms with van der Waals surface area (Å²) in [6.45, 7) is 2.25. The van der Waals surface area contributed by atoms with E-state index in [-0.39, 0.29) is 11.8 Å². The second kappa shape index (κ2) is 8.46. The average molecular weight is 368 g/mol. The summed E-state index contributed by atoms with van der Waals surface area (Å²) in [5.41, 5.74) is 1.76. The number of esters is 1. The van der Waals surface area contributed by atoms with Gasteiger partial charge in [-0.3, -0.25) is 9.59 Å². The molecule has 1 N–H and O–H groups in total. The van der Waals surface area contributed by atoms with E-state index >= 15 is 0 Å². The fraction of sp³-hybridized carbons (Fsp3) is 0.250. The number of rotatable bonds is 4. The van der Waals surface area contributed by atoms with E-state index in [0.717, 1.165) is 0 Å². The fourth-order valence-electron chi connectivity index (χ4n) is 2.75. The highest BCUT2D eigenvalue weighted by atomic mass is 16.5. The van der Waals surface area contributed by atoms with Crippen molar-refractivity contribution >= 4 is 23.5 Å². The number of hydrogen-bond acceptors (Lipinski definition) is 5. The van der Waals surface area contributed by atoms with Gasteiger partial charge in [0, 0.05) is 29.9 Å². The molecule has 140 valence electrons. The smallest absolute Gasteiger partial charge is 0.337 e. The molecule has 0 aliphatic carbocycles. The molecule has 0 radical (unpaired) electrons. The second-order valence-electron chi connectivity index (χ2n) is 6.01. The van der Waals surface area contributed by atoms with E-state index in [2.05, 4.69) is 10.1 Å². The van der Waals surface area contributed by atoms with Crippen LogP contribution in [0.1, 0.15) is 31.1 Å². The molecule has 1 aliphatic rings. The maximum Gasteiger partial charge on any atom is 0.337 e. The van der Waals surface area contributed by atoms with Crippen molar-refractivity contribution in [3.8, 4) is 0 Å². The Bertz CT molecular complexity index is 842. The third-order valence-corrected chi connectivity index (χ3v) is 4.23. The number of methoxy groups -OCH3 is 1. The Morgan fingerprint density at radius 3 is 2.30 bits per heavy atom. The minimum absolute atomic E-state index is 0.0537. The van der Waals surface area contributed by atoms with Crippen LogP contribution in [0, 0.1) is 0 Å².